The maximum absolute atomic E-state index is 13.2. The summed E-state index contributed by atoms with van der Waals surface area (Å²) in [6, 6.07) is 5.01. The molecule has 1 amide bonds. The van der Waals surface area contributed by atoms with E-state index >= 15 is 0 Å². The summed E-state index contributed by atoms with van der Waals surface area (Å²) < 4.78 is 5.35. The van der Waals surface area contributed by atoms with Gasteiger partial charge in [0.1, 0.15) is 5.75 Å². The first kappa shape index (κ1) is 17.2. The molecule has 2 aliphatic rings. The van der Waals surface area contributed by atoms with Crippen LogP contribution in [0.1, 0.15) is 46.3 Å². The third kappa shape index (κ3) is 3.15. The highest BCUT2D eigenvalue weighted by Gasteiger charge is 2.34. The molecule has 0 aliphatic carbocycles. The van der Waals surface area contributed by atoms with Gasteiger partial charge in [-0.15, -0.1) is 0 Å². The van der Waals surface area contributed by atoms with E-state index < -0.39 is 0 Å². The van der Waals surface area contributed by atoms with E-state index in [-0.39, 0.29) is 11.9 Å². The van der Waals surface area contributed by atoms with Crippen molar-refractivity contribution in [1.82, 2.24) is 20.2 Å². The molecule has 7 heteroatoms. The van der Waals surface area contributed by atoms with E-state index in [1.807, 2.05) is 11.1 Å². The Labute approximate surface area is 157 Å². The number of halogens is 1. The van der Waals surface area contributed by atoms with Gasteiger partial charge in [0.25, 0.3) is 5.91 Å². The SMILES string of the molecule is COc1ccc(Cl)cc1C(=O)N1CCC[C@H]1c1ncc2c(n1)CCNC2. The molecule has 1 aromatic heterocycles. The van der Waals surface area contributed by atoms with Crippen LogP contribution < -0.4 is 10.1 Å². The van der Waals surface area contributed by atoms with Crippen molar-refractivity contribution in [3.05, 3.63) is 52.1 Å². The Hall–Kier alpha value is -2.18. The first-order valence-electron chi connectivity index (χ1n) is 8.87. The van der Waals surface area contributed by atoms with Crippen LogP contribution in [0.5, 0.6) is 5.75 Å². The third-order valence-electron chi connectivity index (χ3n) is 5.03. The lowest BCUT2D eigenvalue weighted by molar-refractivity contribution is 0.0726. The molecular weight excluding hydrogens is 352 g/mol. The molecule has 0 radical (unpaired) electrons. The largest absolute Gasteiger partial charge is 0.496 e. The number of amides is 1. The maximum atomic E-state index is 13.2. The fourth-order valence-corrected chi connectivity index (χ4v) is 3.86. The standard InChI is InChI=1S/C19H21ClN4O2/c1-26-17-5-4-13(20)9-14(17)19(25)24-8-2-3-16(24)18-22-11-12-10-21-7-6-15(12)23-18/h4-5,9,11,16,21H,2-3,6-8,10H2,1H3/t16-/m0/s1. The predicted octanol–water partition coefficient (Wildman–Crippen LogP) is 2.76. The van der Waals surface area contributed by atoms with Crippen LogP contribution in [-0.2, 0) is 13.0 Å². The number of hydrogen-bond acceptors (Lipinski definition) is 5. The Kier molecular flexibility index (Phi) is 4.78. The Morgan fingerprint density at radius 2 is 2.31 bits per heavy atom. The number of carbonyl (C=O) groups excluding carboxylic acids is 1. The van der Waals surface area contributed by atoms with Gasteiger partial charge in [-0.05, 0) is 31.0 Å². The minimum absolute atomic E-state index is 0.0881. The van der Waals surface area contributed by atoms with Crippen LogP contribution in [0.3, 0.4) is 0 Å². The van der Waals surface area contributed by atoms with Gasteiger partial charge >= 0.3 is 0 Å². The molecule has 136 valence electrons. The molecule has 1 atom stereocenters. The summed E-state index contributed by atoms with van der Waals surface area (Å²) in [5.41, 5.74) is 2.72. The van der Waals surface area contributed by atoms with Gasteiger partial charge in [0.05, 0.1) is 18.7 Å². The van der Waals surface area contributed by atoms with Crippen LogP contribution in [0.25, 0.3) is 0 Å². The molecule has 1 saturated heterocycles. The van der Waals surface area contributed by atoms with Crippen LogP contribution in [0.2, 0.25) is 5.02 Å². The highest BCUT2D eigenvalue weighted by Crippen LogP contribution is 2.34. The number of likely N-dealkylation sites (tertiary alicyclic amines) is 1. The molecule has 0 bridgehead atoms. The summed E-state index contributed by atoms with van der Waals surface area (Å²) >= 11 is 6.10. The van der Waals surface area contributed by atoms with Crippen molar-refractivity contribution >= 4 is 17.5 Å². The topological polar surface area (TPSA) is 67.3 Å². The van der Waals surface area contributed by atoms with Gasteiger partial charge < -0.3 is 15.0 Å². The van der Waals surface area contributed by atoms with Crippen molar-refractivity contribution in [2.45, 2.75) is 31.8 Å². The van der Waals surface area contributed by atoms with Gasteiger partial charge in [0.15, 0.2) is 5.82 Å². The molecule has 3 heterocycles. The molecule has 26 heavy (non-hydrogen) atoms. The number of methoxy groups -OCH3 is 1. The van der Waals surface area contributed by atoms with Gasteiger partial charge in [-0.1, -0.05) is 11.6 Å². The Bertz CT molecular complexity index is 842. The molecule has 0 unspecified atom stereocenters. The van der Waals surface area contributed by atoms with E-state index in [1.165, 1.54) is 0 Å². The first-order chi connectivity index (χ1) is 12.7. The van der Waals surface area contributed by atoms with Gasteiger partial charge in [0.2, 0.25) is 0 Å². The zero-order valence-electron chi connectivity index (χ0n) is 14.7. The monoisotopic (exact) mass is 372 g/mol. The number of benzene rings is 1. The number of aromatic nitrogens is 2. The lowest BCUT2D eigenvalue weighted by Gasteiger charge is -2.25. The maximum Gasteiger partial charge on any atom is 0.258 e. The second-order valence-corrected chi connectivity index (χ2v) is 7.06. The van der Waals surface area contributed by atoms with Crippen LogP contribution in [0.15, 0.2) is 24.4 Å². The van der Waals surface area contributed by atoms with Gasteiger partial charge in [0, 0.05) is 48.5 Å². The average molecular weight is 373 g/mol. The number of rotatable bonds is 3. The van der Waals surface area contributed by atoms with Gasteiger partial charge in [-0.2, -0.15) is 0 Å². The molecular formula is C19H21ClN4O2. The summed E-state index contributed by atoms with van der Waals surface area (Å²) in [5, 5.41) is 3.84. The normalized spacial score (nSPS) is 19.3. The fourth-order valence-electron chi connectivity index (χ4n) is 3.69. The van der Waals surface area contributed by atoms with Crippen molar-refractivity contribution < 1.29 is 9.53 Å². The van der Waals surface area contributed by atoms with E-state index in [4.69, 9.17) is 21.3 Å². The number of nitrogens with zero attached hydrogens (tertiary/aromatic N) is 3. The number of fused-ring (bicyclic) bond motifs is 1. The highest BCUT2D eigenvalue weighted by atomic mass is 35.5. The molecule has 2 aromatic rings. The average Bonchev–Trinajstić information content (AvgIpc) is 3.16. The lowest BCUT2D eigenvalue weighted by Crippen LogP contribution is -2.32. The lowest BCUT2D eigenvalue weighted by atomic mass is 10.1. The van der Waals surface area contributed by atoms with Crippen molar-refractivity contribution in [2.24, 2.45) is 0 Å². The Balaban J connectivity index is 1.65. The Morgan fingerprint density at radius 3 is 3.15 bits per heavy atom. The second kappa shape index (κ2) is 7.21. The molecule has 4 rings (SSSR count). The molecule has 1 N–H and O–H groups in total. The minimum Gasteiger partial charge on any atom is -0.496 e. The van der Waals surface area contributed by atoms with E-state index in [1.54, 1.807) is 25.3 Å². The van der Waals surface area contributed by atoms with Crippen LogP contribution >= 0.6 is 11.6 Å². The smallest absolute Gasteiger partial charge is 0.258 e. The van der Waals surface area contributed by atoms with E-state index in [0.29, 0.717) is 22.9 Å². The minimum atomic E-state index is -0.105. The zero-order chi connectivity index (χ0) is 18.1. The summed E-state index contributed by atoms with van der Waals surface area (Å²) in [4.78, 5) is 24.4. The van der Waals surface area contributed by atoms with Gasteiger partial charge in [-0.3, -0.25) is 4.79 Å². The second-order valence-electron chi connectivity index (χ2n) is 6.63. The fraction of sp³-hybridized carbons (Fsp3) is 0.421. The van der Waals surface area contributed by atoms with Crippen LogP contribution in [-0.4, -0.2) is 41.0 Å². The van der Waals surface area contributed by atoms with Crippen molar-refractivity contribution in [1.29, 1.82) is 0 Å². The first-order valence-corrected chi connectivity index (χ1v) is 9.25. The van der Waals surface area contributed by atoms with Crippen LogP contribution in [0, 0.1) is 0 Å². The summed E-state index contributed by atoms with van der Waals surface area (Å²) in [7, 11) is 1.56. The molecule has 1 aromatic carbocycles. The Morgan fingerprint density at radius 1 is 1.42 bits per heavy atom. The number of hydrogen-bond donors (Lipinski definition) is 1. The zero-order valence-corrected chi connectivity index (χ0v) is 15.4. The number of nitrogens with one attached hydrogen (secondary N) is 1. The molecule has 2 aliphatic heterocycles. The molecule has 6 nitrogen and oxygen atoms in total. The van der Waals surface area contributed by atoms with Crippen molar-refractivity contribution in [3.8, 4) is 5.75 Å². The van der Waals surface area contributed by atoms with Crippen molar-refractivity contribution in [2.75, 3.05) is 20.2 Å². The summed E-state index contributed by atoms with van der Waals surface area (Å²) in [6.45, 7) is 2.42. The summed E-state index contributed by atoms with van der Waals surface area (Å²) in [5.74, 6) is 1.18. The number of carbonyl (C=O) groups is 1. The number of ether oxygens (including phenoxy) is 1. The van der Waals surface area contributed by atoms with E-state index in [9.17, 15) is 4.79 Å². The van der Waals surface area contributed by atoms with E-state index in [2.05, 4.69) is 10.3 Å². The van der Waals surface area contributed by atoms with Crippen LogP contribution in [0.4, 0.5) is 0 Å². The molecule has 1 fully saturated rings. The summed E-state index contributed by atoms with van der Waals surface area (Å²) in [6.07, 6.45) is 4.59. The van der Waals surface area contributed by atoms with Crippen molar-refractivity contribution in [3.63, 3.8) is 0 Å². The molecule has 0 saturated carbocycles. The predicted molar refractivity (Wildman–Crippen MR) is 98.5 cm³/mol. The third-order valence-corrected chi connectivity index (χ3v) is 5.27. The highest BCUT2D eigenvalue weighted by molar-refractivity contribution is 6.31. The van der Waals surface area contributed by atoms with E-state index in [0.717, 1.165) is 49.4 Å². The molecule has 0 spiro atoms. The van der Waals surface area contributed by atoms with Gasteiger partial charge in [-0.25, -0.2) is 9.97 Å². The quantitative estimate of drug-likeness (QED) is 0.897.